The molecule has 0 radical (unpaired) electrons. The molecule has 0 fully saturated rings. The van der Waals surface area contributed by atoms with Crippen molar-refractivity contribution in [1.29, 1.82) is 0 Å². The van der Waals surface area contributed by atoms with E-state index < -0.39 is 0 Å². The predicted molar refractivity (Wildman–Crippen MR) is 50.9 cm³/mol. The molecule has 0 heterocycles. The maximum absolute atomic E-state index is 11.4. The molecule has 1 nitrogen and oxygen atoms in total. The van der Waals surface area contributed by atoms with Gasteiger partial charge in [-0.2, -0.15) is 0 Å². The molecule has 1 rings (SSSR count). The van der Waals surface area contributed by atoms with Gasteiger partial charge in [0.25, 0.3) is 0 Å². The zero-order chi connectivity index (χ0) is 9.35. The highest BCUT2D eigenvalue weighted by Gasteiger charge is 2.32. The summed E-state index contributed by atoms with van der Waals surface area (Å²) in [5.74, 6) is 0.870. The van der Waals surface area contributed by atoms with E-state index in [2.05, 4.69) is 26.8 Å². The number of carbonyl (C=O) groups excluding carboxylic acids is 1. The second-order valence-corrected chi connectivity index (χ2v) is 4.38. The Balaban J connectivity index is 2.93. The van der Waals surface area contributed by atoms with E-state index in [1.54, 1.807) is 0 Å². The Morgan fingerprint density at radius 2 is 2.17 bits per heavy atom. The van der Waals surface area contributed by atoms with Crippen molar-refractivity contribution in [2.24, 2.45) is 11.3 Å². The van der Waals surface area contributed by atoms with Gasteiger partial charge in [-0.05, 0) is 23.8 Å². The number of allylic oxidation sites excluding steroid dienone is 2. The number of ketones is 1. The maximum Gasteiger partial charge on any atom is 0.158 e. The van der Waals surface area contributed by atoms with Gasteiger partial charge >= 0.3 is 0 Å². The highest BCUT2D eigenvalue weighted by molar-refractivity contribution is 5.95. The van der Waals surface area contributed by atoms with E-state index >= 15 is 0 Å². The normalized spacial score (nSPS) is 28.5. The summed E-state index contributed by atoms with van der Waals surface area (Å²) >= 11 is 0. The Hall–Kier alpha value is -0.590. The molecule has 0 aromatic rings. The molecule has 0 aromatic heterocycles. The van der Waals surface area contributed by atoms with Crippen molar-refractivity contribution in [3.8, 4) is 0 Å². The summed E-state index contributed by atoms with van der Waals surface area (Å²) in [6.45, 7) is 8.53. The van der Waals surface area contributed by atoms with Crippen molar-refractivity contribution < 1.29 is 4.79 Å². The van der Waals surface area contributed by atoms with Crippen LogP contribution in [0.2, 0.25) is 0 Å². The van der Waals surface area contributed by atoms with Gasteiger partial charge in [-0.25, -0.2) is 0 Å². The number of carbonyl (C=O) groups is 1. The van der Waals surface area contributed by atoms with Gasteiger partial charge in [0, 0.05) is 6.42 Å². The van der Waals surface area contributed by atoms with Crippen LogP contribution in [0.5, 0.6) is 0 Å². The van der Waals surface area contributed by atoms with Crippen molar-refractivity contribution in [2.75, 3.05) is 0 Å². The van der Waals surface area contributed by atoms with Crippen LogP contribution in [0.25, 0.3) is 0 Å². The highest BCUT2D eigenvalue weighted by atomic mass is 16.1. The summed E-state index contributed by atoms with van der Waals surface area (Å²) < 4.78 is 0. The molecule has 12 heavy (non-hydrogen) atoms. The van der Waals surface area contributed by atoms with Crippen molar-refractivity contribution in [3.63, 3.8) is 0 Å². The summed E-state index contributed by atoms with van der Waals surface area (Å²) in [6.07, 6.45) is 3.97. The lowest BCUT2D eigenvalue weighted by atomic mass is 9.69. The first-order valence-corrected chi connectivity index (χ1v) is 4.70. The van der Waals surface area contributed by atoms with Gasteiger partial charge in [0.1, 0.15) is 0 Å². The highest BCUT2D eigenvalue weighted by Crippen LogP contribution is 2.38. The molecule has 0 bridgehead atoms. The molecule has 0 aromatic carbocycles. The van der Waals surface area contributed by atoms with Gasteiger partial charge < -0.3 is 0 Å². The lowest BCUT2D eigenvalue weighted by molar-refractivity contribution is -0.118. The Bertz CT molecular complexity index is 223. The zero-order valence-corrected chi connectivity index (χ0v) is 8.48. The fraction of sp³-hybridized carbons (Fsp3) is 0.727. The molecule has 0 amide bonds. The fourth-order valence-corrected chi connectivity index (χ4v) is 2.07. The third-order valence-electron chi connectivity index (χ3n) is 3.01. The molecule has 1 atom stereocenters. The Kier molecular flexibility index (Phi) is 2.41. The molecule has 0 N–H and O–H groups in total. The van der Waals surface area contributed by atoms with E-state index in [0.717, 1.165) is 18.4 Å². The van der Waals surface area contributed by atoms with Gasteiger partial charge in [0.2, 0.25) is 0 Å². The summed E-state index contributed by atoms with van der Waals surface area (Å²) in [6, 6.07) is 0. The third kappa shape index (κ3) is 1.60. The summed E-state index contributed by atoms with van der Waals surface area (Å²) in [5.41, 5.74) is 1.16. The van der Waals surface area contributed by atoms with Crippen LogP contribution in [0, 0.1) is 11.3 Å². The van der Waals surface area contributed by atoms with E-state index in [4.69, 9.17) is 0 Å². The SMILES string of the molecule is CC[C@H]1CC(=O)C(C)=CC1(C)C. The molecule has 0 aliphatic heterocycles. The van der Waals surface area contributed by atoms with Crippen LogP contribution in [0.4, 0.5) is 0 Å². The number of rotatable bonds is 1. The largest absolute Gasteiger partial charge is 0.295 e. The molecule has 1 heteroatoms. The average molecular weight is 166 g/mol. The predicted octanol–water partition coefficient (Wildman–Crippen LogP) is 2.96. The van der Waals surface area contributed by atoms with E-state index in [-0.39, 0.29) is 5.41 Å². The number of hydrogen-bond donors (Lipinski definition) is 0. The van der Waals surface area contributed by atoms with E-state index in [9.17, 15) is 4.79 Å². The number of Topliss-reactive ketones (excluding diaryl/α,β-unsaturated/α-hetero) is 1. The Morgan fingerprint density at radius 1 is 1.58 bits per heavy atom. The minimum Gasteiger partial charge on any atom is -0.295 e. The minimum absolute atomic E-state index is 0.215. The molecule has 0 saturated carbocycles. The van der Waals surface area contributed by atoms with Gasteiger partial charge in [0.15, 0.2) is 5.78 Å². The van der Waals surface area contributed by atoms with Gasteiger partial charge in [-0.3, -0.25) is 4.79 Å². The first-order chi connectivity index (χ1) is 5.47. The maximum atomic E-state index is 11.4. The van der Waals surface area contributed by atoms with Crippen molar-refractivity contribution in [3.05, 3.63) is 11.6 Å². The zero-order valence-electron chi connectivity index (χ0n) is 8.48. The van der Waals surface area contributed by atoms with E-state index in [0.29, 0.717) is 11.7 Å². The summed E-state index contributed by atoms with van der Waals surface area (Å²) in [4.78, 5) is 11.4. The summed E-state index contributed by atoms with van der Waals surface area (Å²) in [5, 5.41) is 0. The van der Waals surface area contributed by atoms with Crippen LogP contribution in [0.1, 0.15) is 40.5 Å². The second kappa shape index (κ2) is 3.04. The quantitative estimate of drug-likeness (QED) is 0.585. The monoisotopic (exact) mass is 166 g/mol. The molecule has 0 spiro atoms. The van der Waals surface area contributed by atoms with E-state index in [1.165, 1.54) is 0 Å². The minimum atomic E-state index is 0.215. The molecule has 0 unspecified atom stereocenters. The molecular weight excluding hydrogens is 148 g/mol. The molecule has 1 aliphatic carbocycles. The van der Waals surface area contributed by atoms with Gasteiger partial charge in [-0.15, -0.1) is 0 Å². The average Bonchev–Trinajstić information content (AvgIpc) is 1.96. The lowest BCUT2D eigenvalue weighted by Gasteiger charge is -2.34. The summed E-state index contributed by atoms with van der Waals surface area (Å²) in [7, 11) is 0. The van der Waals surface area contributed by atoms with Crippen LogP contribution in [0.15, 0.2) is 11.6 Å². The Morgan fingerprint density at radius 3 is 2.67 bits per heavy atom. The van der Waals surface area contributed by atoms with Crippen molar-refractivity contribution in [1.82, 2.24) is 0 Å². The Labute approximate surface area is 74.9 Å². The number of hydrogen-bond acceptors (Lipinski definition) is 1. The topological polar surface area (TPSA) is 17.1 Å². The smallest absolute Gasteiger partial charge is 0.158 e. The van der Waals surface area contributed by atoms with E-state index in [1.807, 2.05) is 6.92 Å². The van der Waals surface area contributed by atoms with Gasteiger partial charge in [0.05, 0.1) is 0 Å². The van der Waals surface area contributed by atoms with Crippen LogP contribution >= 0.6 is 0 Å². The van der Waals surface area contributed by atoms with Crippen molar-refractivity contribution >= 4 is 5.78 Å². The van der Waals surface area contributed by atoms with Crippen molar-refractivity contribution in [2.45, 2.75) is 40.5 Å². The van der Waals surface area contributed by atoms with Gasteiger partial charge in [-0.1, -0.05) is 33.3 Å². The fourth-order valence-electron chi connectivity index (χ4n) is 2.07. The molecule has 1 aliphatic rings. The molecular formula is C11H18O. The standard InChI is InChI=1S/C11H18O/c1-5-9-6-10(12)8(2)7-11(9,3)4/h7,9H,5-6H2,1-4H3/t9-/m0/s1. The second-order valence-electron chi connectivity index (χ2n) is 4.38. The van der Waals surface area contributed by atoms with Crippen LogP contribution < -0.4 is 0 Å². The van der Waals surface area contributed by atoms with Crippen LogP contribution in [-0.4, -0.2) is 5.78 Å². The third-order valence-corrected chi connectivity index (χ3v) is 3.01. The first kappa shape index (κ1) is 9.50. The lowest BCUT2D eigenvalue weighted by Crippen LogP contribution is -2.29. The first-order valence-electron chi connectivity index (χ1n) is 4.70. The molecule has 68 valence electrons. The van der Waals surface area contributed by atoms with Crippen LogP contribution in [-0.2, 0) is 4.79 Å². The van der Waals surface area contributed by atoms with Crippen LogP contribution in [0.3, 0.4) is 0 Å². The molecule has 0 saturated heterocycles.